The lowest BCUT2D eigenvalue weighted by atomic mass is 10.00. The monoisotopic (exact) mass is 286 g/mol. The molecule has 0 bridgehead atoms. The van der Waals surface area contributed by atoms with Crippen LogP contribution in [0, 0.1) is 0 Å². The van der Waals surface area contributed by atoms with E-state index in [1.165, 1.54) is 42.0 Å². The van der Waals surface area contributed by atoms with Crippen molar-refractivity contribution in [2.75, 3.05) is 5.75 Å². The van der Waals surface area contributed by atoms with E-state index >= 15 is 0 Å². The van der Waals surface area contributed by atoms with Crippen molar-refractivity contribution >= 4 is 22.5 Å². The summed E-state index contributed by atoms with van der Waals surface area (Å²) < 4.78 is 0. The van der Waals surface area contributed by atoms with E-state index in [1.54, 1.807) is 0 Å². The summed E-state index contributed by atoms with van der Waals surface area (Å²) in [5.74, 6) is 6.87. The third-order valence-corrected chi connectivity index (χ3v) is 5.67. The van der Waals surface area contributed by atoms with Gasteiger partial charge in [-0.3, -0.25) is 11.3 Å². The van der Waals surface area contributed by atoms with Crippen LogP contribution in [-0.2, 0) is 0 Å². The number of benzene rings is 2. The van der Waals surface area contributed by atoms with Crippen LogP contribution in [-0.4, -0.2) is 11.0 Å². The molecule has 1 atom stereocenters. The van der Waals surface area contributed by atoms with Crippen molar-refractivity contribution < 1.29 is 0 Å². The maximum Gasteiger partial charge on any atom is 0.0556 e. The van der Waals surface area contributed by atoms with E-state index in [1.807, 2.05) is 0 Å². The number of hydrogen-bond acceptors (Lipinski definition) is 3. The Balaban J connectivity index is 1.79. The maximum absolute atomic E-state index is 5.82. The standard InChI is InChI=1S/C17H22N2S/c18-19-17(12-20-14-8-2-3-9-14)16-11-5-7-13-6-1-4-10-15(13)16/h1,4-7,10-11,14,17,19H,2-3,8-9,12,18H2. The second kappa shape index (κ2) is 6.61. The first-order valence-electron chi connectivity index (χ1n) is 7.44. The summed E-state index contributed by atoms with van der Waals surface area (Å²) in [7, 11) is 0. The summed E-state index contributed by atoms with van der Waals surface area (Å²) in [5.41, 5.74) is 4.33. The molecule has 3 N–H and O–H groups in total. The molecule has 1 unspecified atom stereocenters. The molecule has 1 fully saturated rings. The van der Waals surface area contributed by atoms with Gasteiger partial charge < -0.3 is 0 Å². The largest absolute Gasteiger partial charge is 0.271 e. The van der Waals surface area contributed by atoms with Crippen LogP contribution < -0.4 is 11.3 Å². The van der Waals surface area contributed by atoms with Crippen LogP contribution in [0.15, 0.2) is 42.5 Å². The Morgan fingerprint density at radius 2 is 1.85 bits per heavy atom. The molecular formula is C17H22N2S. The SMILES string of the molecule is NNC(CSC1CCCC1)c1cccc2ccccc12. The Bertz CT molecular complexity index is 558. The number of hydrazine groups is 1. The second-order valence-electron chi connectivity index (χ2n) is 5.53. The van der Waals surface area contributed by atoms with Gasteiger partial charge in [0.15, 0.2) is 0 Å². The Labute approximate surface area is 125 Å². The molecule has 0 saturated heterocycles. The van der Waals surface area contributed by atoms with E-state index < -0.39 is 0 Å². The zero-order valence-corrected chi connectivity index (χ0v) is 12.5. The van der Waals surface area contributed by atoms with Crippen molar-refractivity contribution in [3.8, 4) is 0 Å². The molecule has 3 rings (SSSR count). The summed E-state index contributed by atoms with van der Waals surface area (Å²) in [5, 5.41) is 3.43. The quantitative estimate of drug-likeness (QED) is 0.644. The van der Waals surface area contributed by atoms with Gasteiger partial charge in [0.1, 0.15) is 0 Å². The highest BCUT2D eigenvalue weighted by Gasteiger charge is 2.19. The van der Waals surface area contributed by atoms with Gasteiger partial charge in [-0.1, -0.05) is 55.3 Å². The minimum Gasteiger partial charge on any atom is -0.271 e. The van der Waals surface area contributed by atoms with Gasteiger partial charge in [0.05, 0.1) is 6.04 Å². The van der Waals surface area contributed by atoms with Gasteiger partial charge in [-0.05, 0) is 29.2 Å². The van der Waals surface area contributed by atoms with E-state index in [4.69, 9.17) is 5.84 Å². The normalized spacial score (nSPS) is 17.6. The van der Waals surface area contributed by atoms with Crippen LogP contribution in [0.25, 0.3) is 10.8 Å². The highest BCUT2D eigenvalue weighted by Crippen LogP contribution is 2.33. The summed E-state index contributed by atoms with van der Waals surface area (Å²) in [4.78, 5) is 0. The minimum absolute atomic E-state index is 0.228. The molecule has 0 aromatic heterocycles. The van der Waals surface area contributed by atoms with Crippen molar-refractivity contribution in [3.05, 3.63) is 48.0 Å². The number of hydrogen-bond donors (Lipinski definition) is 2. The van der Waals surface area contributed by atoms with E-state index in [9.17, 15) is 0 Å². The molecule has 0 spiro atoms. The van der Waals surface area contributed by atoms with Gasteiger partial charge in [0, 0.05) is 11.0 Å². The van der Waals surface area contributed by atoms with Gasteiger partial charge >= 0.3 is 0 Å². The highest BCUT2D eigenvalue weighted by atomic mass is 32.2. The third kappa shape index (κ3) is 3.00. The Morgan fingerprint density at radius 3 is 2.65 bits per heavy atom. The van der Waals surface area contributed by atoms with Crippen LogP contribution in [0.1, 0.15) is 37.3 Å². The van der Waals surface area contributed by atoms with Crippen LogP contribution in [0.3, 0.4) is 0 Å². The van der Waals surface area contributed by atoms with Crippen molar-refractivity contribution in [2.45, 2.75) is 37.0 Å². The van der Waals surface area contributed by atoms with Crippen LogP contribution in [0.2, 0.25) is 0 Å². The molecule has 1 saturated carbocycles. The molecule has 0 heterocycles. The van der Waals surface area contributed by atoms with E-state index in [0.29, 0.717) is 0 Å². The smallest absolute Gasteiger partial charge is 0.0556 e. The molecule has 0 amide bonds. The first kappa shape index (κ1) is 13.9. The lowest BCUT2D eigenvalue weighted by Crippen LogP contribution is -2.30. The topological polar surface area (TPSA) is 38.0 Å². The van der Waals surface area contributed by atoms with E-state index in [-0.39, 0.29) is 6.04 Å². The fourth-order valence-corrected chi connectivity index (χ4v) is 4.48. The maximum atomic E-state index is 5.82. The summed E-state index contributed by atoms with van der Waals surface area (Å²) >= 11 is 2.08. The van der Waals surface area contributed by atoms with Crippen LogP contribution in [0.4, 0.5) is 0 Å². The molecule has 2 aromatic rings. The first-order valence-corrected chi connectivity index (χ1v) is 8.49. The summed E-state index contributed by atoms with van der Waals surface area (Å²) in [6.07, 6.45) is 5.54. The van der Waals surface area contributed by atoms with Gasteiger partial charge in [0.2, 0.25) is 0 Å². The van der Waals surface area contributed by atoms with Crippen LogP contribution in [0.5, 0.6) is 0 Å². The molecule has 0 aliphatic heterocycles. The molecule has 20 heavy (non-hydrogen) atoms. The number of thioether (sulfide) groups is 1. The van der Waals surface area contributed by atoms with E-state index in [2.05, 4.69) is 59.7 Å². The summed E-state index contributed by atoms with van der Waals surface area (Å²) in [6.45, 7) is 0. The first-order chi connectivity index (χ1) is 9.88. The molecule has 0 radical (unpaired) electrons. The van der Waals surface area contributed by atoms with Gasteiger partial charge in [0.25, 0.3) is 0 Å². The van der Waals surface area contributed by atoms with Gasteiger partial charge in [-0.2, -0.15) is 11.8 Å². The fourth-order valence-electron chi connectivity index (χ4n) is 3.07. The van der Waals surface area contributed by atoms with Gasteiger partial charge in [-0.15, -0.1) is 0 Å². The molecule has 1 aliphatic carbocycles. The molecule has 1 aliphatic rings. The number of nitrogens with one attached hydrogen (secondary N) is 1. The fraction of sp³-hybridized carbons (Fsp3) is 0.412. The van der Waals surface area contributed by atoms with E-state index in [0.717, 1.165) is 11.0 Å². The lowest BCUT2D eigenvalue weighted by Gasteiger charge is -2.20. The van der Waals surface area contributed by atoms with Crippen molar-refractivity contribution in [1.29, 1.82) is 0 Å². The average Bonchev–Trinajstić information content (AvgIpc) is 3.01. The minimum atomic E-state index is 0.228. The second-order valence-corrected chi connectivity index (χ2v) is 6.86. The lowest BCUT2D eigenvalue weighted by molar-refractivity contribution is 0.613. The Hall–Kier alpha value is -1.03. The average molecular weight is 286 g/mol. The Morgan fingerprint density at radius 1 is 1.10 bits per heavy atom. The molecular weight excluding hydrogens is 264 g/mol. The zero-order chi connectivity index (χ0) is 13.8. The van der Waals surface area contributed by atoms with Crippen molar-refractivity contribution in [2.24, 2.45) is 5.84 Å². The predicted molar refractivity (Wildman–Crippen MR) is 88.7 cm³/mol. The molecule has 2 aromatic carbocycles. The highest BCUT2D eigenvalue weighted by molar-refractivity contribution is 7.99. The number of rotatable bonds is 5. The third-order valence-electron chi connectivity index (χ3n) is 4.20. The molecule has 106 valence electrons. The van der Waals surface area contributed by atoms with Gasteiger partial charge in [-0.25, -0.2) is 0 Å². The van der Waals surface area contributed by atoms with Crippen LogP contribution >= 0.6 is 11.8 Å². The summed E-state index contributed by atoms with van der Waals surface area (Å²) in [6, 6.07) is 15.3. The predicted octanol–water partition coefficient (Wildman–Crippen LogP) is 4.02. The number of nitrogens with two attached hydrogens (primary N) is 1. The molecule has 3 heteroatoms. The zero-order valence-electron chi connectivity index (χ0n) is 11.7. The van der Waals surface area contributed by atoms with Crippen molar-refractivity contribution in [3.63, 3.8) is 0 Å². The Kier molecular flexibility index (Phi) is 4.61. The molecule has 2 nitrogen and oxygen atoms in total. The number of fused-ring (bicyclic) bond motifs is 1. The van der Waals surface area contributed by atoms with Crippen molar-refractivity contribution in [1.82, 2.24) is 5.43 Å².